The van der Waals surface area contributed by atoms with Crippen LogP contribution >= 0.6 is 7.82 Å². The molecule has 1 aromatic carbocycles. The molecule has 21 heavy (non-hydrogen) atoms. The number of hydrogen-bond donors (Lipinski definition) is 0. The van der Waals surface area contributed by atoms with Gasteiger partial charge in [0.1, 0.15) is 6.61 Å². The average Bonchev–Trinajstić information content (AvgIpc) is 2.45. The largest absolute Gasteiger partial charge is 0.475 e. The van der Waals surface area contributed by atoms with E-state index in [1.807, 2.05) is 0 Å². The highest BCUT2D eigenvalue weighted by atomic mass is 31.2. The molecule has 0 aliphatic carbocycles. The maximum atomic E-state index is 12.0. The van der Waals surface area contributed by atoms with Crippen LogP contribution in [0, 0.1) is 10.1 Å². The number of phosphoric ester groups is 1. The fourth-order valence-electron chi connectivity index (χ4n) is 1.42. The third-order valence-corrected chi connectivity index (χ3v) is 3.92. The van der Waals surface area contributed by atoms with Gasteiger partial charge in [0.05, 0.1) is 18.1 Å². The second kappa shape index (κ2) is 7.99. The number of Topliss-reactive ketones (excluding diaryl/α,β-unsaturated/α-hetero) is 1. The summed E-state index contributed by atoms with van der Waals surface area (Å²) in [7, 11) is -3.75. The quantitative estimate of drug-likeness (QED) is 0.298. The first-order chi connectivity index (χ1) is 9.91. The molecule has 0 N–H and O–H groups in total. The lowest BCUT2D eigenvalue weighted by Crippen LogP contribution is -2.10. The first kappa shape index (κ1) is 17.5. The molecular formula is C12H16NO7P. The molecule has 1 rings (SSSR count). The number of nitro groups is 1. The van der Waals surface area contributed by atoms with Crippen LogP contribution in [0.1, 0.15) is 24.2 Å². The smallest absolute Gasteiger partial charge is 0.292 e. The van der Waals surface area contributed by atoms with Gasteiger partial charge in [0.2, 0.25) is 0 Å². The summed E-state index contributed by atoms with van der Waals surface area (Å²) in [6.07, 6.45) is 0. The van der Waals surface area contributed by atoms with Gasteiger partial charge < -0.3 is 0 Å². The van der Waals surface area contributed by atoms with Crippen LogP contribution in [0.5, 0.6) is 0 Å². The lowest BCUT2D eigenvalue weighted by atomic mass is 10.1. The van der Waals surface area contributed by atoms with Gasteiger partial charge in [0.25, 0.3) is 5.69 Å². The van der Waals surface area contributed by atoms with Gasteiger partial charge in [-0.3, -0.25) is 28.5 Å². The van der Waals surface area contributed by atoms with Gasteiger partial charge >= 0.3 is 7.82 Å². The molecule has 0 radical (unpaired) electrons. The van der Waals surface area contributed by atoms with E-state index in [1.54, 1.807) is 13.8 Å². The Hall–Kier alpha value is -1.60. The molecule has 8 nitrogen and oxygen atoms in total. The van der Waals surface area contributed by atoms with E-state index in [0.717, 1.165) is 0 Å². The van der Waals surface area contributed by atoms with E-state index in [4.69, 9.17) is 13.6 Å². The molecule has 0 atom stereocenters. The molecule has 0 aliphatic rings. The summed E-state index contributed by atoms with van der Waals surface area (Å²) >= 11 is 0. The molecule has 0 heterocycles. The summed E-state index contributed by atoms with van der Waals surface area (Å²) in [6.45, 7) is 2.96. The third kappa shape index (κ3) is 5.35. The Labute approximate surface area is 121 Å². The summed E-state index contributed by atoms with van der Waals surface area (Å²) in [5, 5.41) is 10.5. The van der Waals surface area contributed by atoms with Gasteiger partial charge in [-0.05, 0) is 26.0 Å². The van der Waals surface area contributed by atoms with Crippen LogP contribution in [-0.4, -0.2) is 30.5 Å². The minimum absolute atomic E-state index is 0.114. The lowest BCUT2D eigenvalue weighted by Gasteiger charge is -2.15. The van der Waals surface area contributed by atoms with Crippen molar-refractivity contribution in [2.24, 2.45) is 0 Å². The molecule has 0 saturated carbocycles. The molecule has 0 spiro atoms. The van der Waals surface area contributed by atoms with Gasteiger partial charge in [-0.1, -0.05) is 0 Å². The van der Waals surface area contributed by atoms with Crippen molar-refractivity contribution in [1.82, 2.24) is 0 Å². The van der Waals surface area contributed by atoms with Crippen molar-refractivity contribution in [2.75, 3.05) is 19.8 Å². The average molecular weight is 317 g/mol. The van der Waals surface area contributed by atoms with Crippen LogP contribution in [0.2, 0.25) is 0 Å². The normalized spacial score (nSPS) is 11.3. The number of carbonyl (C=O) groups excluding carboxylic acids is 1. The van der Waals surface area contributed by atoms with E-state index in [0.29, 0.717) is 0 Å². The van der Waals surface area contributed by atoms with E-state index in [9.17, 15) is 19.5 Å². The second-order valence-corrected chi connectivity index (χ2v) is 5.45. The number of ketones is 1. The highest BCUT2D eigenvalue weighted by Crippen LogP contribution is 2.49. The summed E-state index contributed by atoms with van der Waals surface area (Å²) < 4.78 is 26.7. The number of rotatable bonds is 9. The minimum Gasteiger partial charge on any atom is -0.292 e. The maximum Gasteiger partial charge on any atom is 0.475 e. The summed E-state index contributed by atoms with van der Waals surface area (Å²) in [5.41, 5.74) is 0.0851. The molecule has 0 amide bonds. The van der Waals surface area contributed by atoms with Crippen LogP contribution in [0.3, 0.4) is 0 Å². The number of phosphoric acid groups is 1. The molecule has 9 heteroatoms. The van der Waals surface area contributed by atoms with Crippen LogP contribution < -0.4 is 0 Å². The van der Waals surface area contributed by atoms with Gasteiger partial charge in [0, 0.05) is 17.7 Å². The van der Waals surface area contributed by atoms with Crippen LogP contribution in [0.25, 0.3) is 0 Å². The van der Waals surface area contributed by atoms with Crippen molar-refractivity contribution in [3.8, 4) is 0 Å². The number of benzene rings is 1. The van der Waals surface area contributed by atoms with E-state index < -0.39 is 25.1 Å². The predicted octanol–water partition coefficient (Wildman–Crippen LogP) is 2.98. The number of hydrogen-bond acceptors (Lipinski definition) is 7. The molecule has 0 saturated heterocycles. The Kier molecular flexibility index (Phi) is 6.64. The zero-order valence-corrected chi connectivity index (χ0v) is 12.6. The summed E-state index contributed by atoms with van der Waals surface area (Å²) in [4.78, 5) is 21.8. The van der Waals surface area contributed by atoms with Crippen molar-refractivity contribution in [3.63, 3.8) is 0 Å². The van der Waals surface area contributed by atoms with Gasteiger partial charge in [0.15, 0.2) is 5.78 Å². The van der Waals surface area contributed by atoms with Crippen molar-refractivity contribution < 1.29 is 27.9 Å². The molecule has 0 aromatic heterocycles. The summed E-state index contributed by atoms with van der Waals surface area (Å²) in [5.74, 6) is -0.482. The van der Waals surface area contributed by atoms with E-state index in [2.05, 4.69) is 0 Å². The molecule has 1 aromatic rings. The summed E-state index contributed by atoms with van der Waals surface area (Å²) in [6, 6.07) is 5.02. The van der Waals surface area contributed by atoms with E-state index in [1.165, 1.54) is 24.3 Å². The Balaban J connectivity index is 2.68. The highest BCUT2D eigenvalue weighted by Gasteiger charge is 2.26. The molecule has 0 unspecified atom stereocenters. The number of nitrogens with zero attached hydrogens (tertiary/aromatic N) is 1. The highest BCUT2D eigenvalue weighted by molar-refractivity contribution is 7.48. The Morgan fingerprint density at radius 1 is 1.14 bits per heavy atom. The minimum atomic E-state index is -3.75. The molecule has 0 bridgehead atoms. The SMILES string of the molecule is CCOP(=O)(OCC)OCC(=O)c1ccc([N+](=O)[O-])cc1. The van der Waals surface area contributed by atoms with Crippen LogP contribution in [-0.2, 0) is 18.1 Å². The third-order valence-electron chi connectivity index (χ3n) is 2.33. The van der Waals surface area contributed by atoms with Crippen molar-refractivity contribution in [3.05, 3.63) is 39.9 Å². The lowest BCUT2D eigenvalue weighted by molar-refractivity contribution is -0.384. The van der Waals surface area contributed by atoms with Crippen LogP contribution in [0.15, 0.2) is 24.3 Å². The molecule has 0 fully saturated rings. The molecular weight excluding hydrogens is 301 g/mol. The van der Waals surface area contributed by atoms with Crippen molar-refractivity contribution in [2.45, 2.75) is 13.8 Å². The Bertz CT molecular complexity index is 533. The fraction of sp³-hybridized carbons (Fsp3) is 0.417. The van der Waals surface area contributed by atoms with Gasteiger partial charge in [-0.15, -0.1) is 0 Å². The zero-order valence-electron chi connectivity index (χ0n) is 11.7. The second-order valence-electron chi connectivity index (χ2n) is 3.78. The van der Waals surface area contributed by atoms with Gasteiger partial charge in [-0.25, -0.2) is 4.57 Å². The standard InChI is InChI=1S/C12H16NO7P/c1-3-18-21(17,19-4-2)20-9-12(14)10-5-7-11(8-6-10)13(15)16/h5-8H,3-4,9H2,1-2H3. The Morgan fingerprint density at radius 2 is 1.67 bits per heavy atom. The van der Waals surface area contributed by atoms with Gasteiger partial charge in [-0.2, -0.15) is 0 Å². The molecule has 0 aliphatic heterocycles. The number of nitro benzene ring substituents is 1. The fourth-order valence-corrected chi connectivity index (χ4v) is 2.55. The maximum absolute atomic E-state index is 12.0. The van der Waals surface area contributed by atoms with Crippen molar-refractivity contribution in [1.29, 1.82) is 0 Å². The topological polar surface area (TPSA) is 105 Å². The number of carbonyl (C=O) groups is 1. The van der Waals surface area contributed by atoms with E-state index >= 15 is 0 Å². The zero-order chi connectivity index (χ0) is 15.9. The Morgan fingerprint density at radius 3 is 2.10 bits per heavy atom. The van der Waals surface area contributed by atoms with Crippen molar-refractivity contribution >= 4 is 19.3 Å². The first-order valence-electron chi connectivity index (χ1n) is 6.23. The molecule has 116 valence electrons. The van der Waals surface area contributed by atoms with Crippen LogP contribution in [0.4, 0.5) is 5.69 Å². The predicted molar refractivity (Wildman–Crippen MR) is 74.2 cm³/mol. The number of non-ortho nitro benzene ring substituents is 1. The first-order valence-corrected chi connectivity index (χ1v) is 7.69. The monoisotopic (exact) mass is 317 g/mol. The van der Waals surface area contributed by atoms with E-state index in [-0.39, 0.29) is 24.5 Å².